The molecule has 0 aliphatic carbocycles. The minimum absolute atomic E-state index is 0.00717. The molecule has 24 heavy (non-hydrogen) atoms. The first-order valence-corrected chi connectivity index (χ1v) is 7.83. The fraction of sp³-hybridized carbons (Fsp3) is 0.278. The van der Waals surface area contributed by atoms with E-state index in [-0.39, 0.29) is 24.2 Å². The van der Waals surface area contributed by atoms with Gasteiger partial charge in [0.25, 0.3) is 11.6 Å². The van der Waals surface area contributed by atoms with Crippen molar-refractivity contribution in [2.45, 2.75) is 25.8 Å². The molecule has 0 aromatic heterocycles. The number of para-hydroxylation sites is 1. The molecule has 1 aliphatic heterocycles. The predicted molar refractivity (Wildman–Crippen MR) is 90.3 cm³/mol. The van der Waals surface area contributed by atoms with E-state index < -0.39 is 4.92 Å². The summed E-state index contributed by atoms with van der Waals surface area (Å²) in [4.78, 5) is 24.6. The van der Waals surface area contributed by atoms with E-state index in [1.807, 2.05) is 31.2 Å². The SMILES string of the molecule is CC1CCc2ccccc2N1C(=O)COc1ccc([N+](=O)[O-])cc1. The molecule has 1 heterocycles. The van der Waals surface area contributed by atoms with Crippen molar-refractivity contribution in [1.82, 2.24) is 0 Å². The van der Waals surface area contributed by atoms with E-state index in [1.165, 1.54) is 29.8 Å². The topological polar surface area (TPSA) is 72.7 Å². The summed E-state index contributed by atoms with van der Waals surface area (Å²) in [5.41, 5.74) is 2.10. The van der Waals surface area contributed by atoms with Gasteiger partial charge >= 0.3 is 0 Å². The number of fused-ring (bicyclic) bond motifs is 1. The Hall–Kier alpha value is -2.89. The minimum atomic E-state index is -0.471. The Morgan fingerprint density at radius 2 is 1.96 bits per heavy atom. The van der Waals surface area contributed by atoms with Gasteiger partial charge in [0.05, 0.1) is 4.92 Å². The minimum Gasteiger partial charge on any atom is -0.484 e. The highest BCUT2D eigenvalue weighted by Crippen LogP contribution is 2.30. The van der Waals surface area contributed by atoms with Crippen LogP contribution in [0, 0.1) is 10.1 Å². The van der Waals surface area contributed by atoms with Gasteiger partial charge in [-0.2, -0.15) is 0 Å². The normalized spacial score (nSPS) is 16.4. The van der Waals surface area contributed by atoms with Crippen molar-refractivity contribution in [2.75, 3.05) is 11.5 Å². The van der Waals surface area contributed by atoms with Crippen molar-refractivity contribution in [2.24, 2.45) is 0 Å². The summed E-state index contributed by atoms with van der Waals surface area (Å²) in [7, 11) is 0. The molecule has 2 aromatic carbocycles. The van der Waals surface area contributed by atoms with Gasteiger partial charge in [-0.05, 0) is 43.5 Å². The number of aryl methyl sites for hydroxylation is 1. The maximum Gasteiger partial charge on any atom is 0.269 e. The molecule has 1 aliphatic rings. The number of carbonyl (C=O) groups is 1. The Morgan fingerprint density at radius 3 is 2.67 bits per heavy atom. The Morgan fingerprint density at radius 1 is 1.25 bits per heavy atom. The van der Waals surface area contributed by atoms with Crippen LogP contribution in [0.15, 0.2) is 48.5 Å². The lowest BCUT2D eigenvalue weighted by molar-refractivity contribution is -0.384. The number of amides is 1. The Labute approximate surface area is 139 Å². The molecule has 3 rings (SSSR count). The van der Waals surface area contributed by atoms with Crippen molar-refractivity contribution >= 4 is 17.3 Å². The lowest BCUT2D eigenvalue weighted by Crippen LogP contribution is -2.44. The number of benzene rings is 2. The zero-order valence-electron chi connectivity index (χ0n) is 13.3. The number of nitrogens with zero attached hydrogens (tertiary/aromatic N) is 2. The van der Waals surface area contributed by atoms with Gasteiger partial charge < -0.3 is 9.64 Å². The third-order valence-corrected chi connectivity index (χ3v) is 4.20. The van der Waals surface area contributed by atoms with Crippen LogP contribution in [0.1, 0.15) is 18.9 Å². The first-order chi connectivity index (χ1) is 11.6. The number of nitro groups is 1. The summed E-state index contributed by atoms with van der Waals surface area (Å²) in [5.74, 6) is 0.319. The fourth-order valence-corrected chi connectivity index (χ4v) is 2.95. The molecule has 0 radical (unpaired) electrons. The quantitative estimate of drug-likeness (QED) is 0.638. The van der Waals surface area contributed by atoms with Crippen LogP contribution < -0.4 is 9.64 Å². The predicted octanol–water partition coefficient (Wildman–Crippen LogP) is 3.34. The number of ether oxygens (including phenoxy) is 1. The molecular formula is C18H18N2O4. The van der Waals surface area contributed by atoms with Gasteiger partial charge in [0, 0.05) is 23.9 Å². The Balaban J connectivity index is 1.70. The van der Waals surface area contributed by atoms with E-state index in [1.54, 1.807) is 4.90 Å². The van der Waals surface area contributed by atoms with Crippen molar-refractivity contribution < 1.29 is 14.5 Å². The van der Waals surface area contributed by atoms with Crippen LogP contribution in [0.25, 0.3) is 0 Å². The van der Waals surface area contributed by atoms with E-state index in [0.717, 1.165) is 18.5 Å². The molecule has 1 amide bonds. The zero-order valence-corrected chi connectivity index (χ0v) is 13.3. The molecule has 0 bridgehead atoms. The molecule has 2 aromatic rings. The van der Waals surface area contributed by atoms with Gasteiger partial charge in [-0.15, -0.1) is 0 Å². The highest BCUT2D eigenvalue weighted by molar-refractivity contribution is 5.96. The second-order valence-electron chi connectivity index (χ2n) is 5.82. The fourth-order valence-electron chi connectivity index (χ4n) is 2.95. The molecule has 1 atom stereocenters. The van der Waals surface area contributed by atoms with Crippen LogP contribution in [-0.4, -0.2) is 23.5 Å². The molecule has 0 fully saturated rings. The number of nitro benzene ring substituents is 1. The van der Waals surface area contributed by atoms with Crippen LogP contribution in [-0.2, 0) is 11.2 Å². The standard InChI is InChI=1S/C18H18N2O4/c1-13-6-7-14-4-2-3-5-17(14)19(13)18(21)12-24-16-10-8-15(9-11-16)20(22)23/h2-5,8-11,13H,6-7,12H2,1H3. The van der Waals surface area contributed by atoms with Gasteiger partial charge in [-0.25, -0.2) is 0 Å². The summed E-state index contributed by atoms with van der Waals surface area (Å²) in [6.07, 6.45) is 1.88. The summed E-state index contributed by atoms with van der Waals surface area (Å²) >= 11 is 0. The van der Waals surface area contributed by atoms with Crippen molar-refractivity contribution in [3.8, 4) is 5.75 Å². The highest BCUT2D eigenvalue weighted by atomic mass is 16.6. The summed E-state index contributed by atoms with van der Waals surface area (Å²) in [6.45, 7) is 1.93. The second-order valence-corrected chi connectivity index (χ2v) is 5.82. The molecular weight excluding hydrogens is 308 g/mol. The number of anilines is 1. The van der Waals surface area contributed by atoms with Crippen molar-refractivity contribution in [3.63, 3.8) is 0 Å². The van der Waals surface area contributed by atoms with Crippen LogP contribution >= 0.6 is 0 Å². The molecule has 6 heteroatoms. The summed E-state index contributed by atoms with van der Waals surface area (Å²) in [6, 6.07) is 13.7. The highest BCUT2D eigenvalue weighted by Gasteiger charge is 2.28. The number of non-ortho nitro benzene ring substituents is 1. The summed E-state index contributed by atoms with van der Waals surface area (Å²) < 4.78 is 5.51. The van der Waals surface area contributed by atoms with Crippen LogP contribution in [0.5, 0.6) is 5.75 Å². The van der Waals surface area contributed by atoms with Crippen LogP contribution in [0.3, 0.4) is 0 Å². The monoisotopic (exact) mass is 326 g/mol. The second kappa shape index (κ2) is 6.70. The van der Waals surface area contributed by atoms with Crippen molar-refractivity contribution in [1.29, 1.82) is 0 Å². The first kappa shape index (κ1) is 16.0. The van der Waals surface area contributed by atoms with Crippen LogP contribution in [0.4, 0.5) is 11.4 Å². The van der Waals surface area contributed by atoms with Gasteiger partial charge in [-0.3, -0.25) is 14.9 Å². The smallest absolute Gasteiger partial charge is 0.269 e. The largest absolute Gasteiger partial charge is 0.484 e. The maximum atomic E-state index is 12.6. The van der Waals surface area contributed by atoms with Crippen molar-refractivity contribution in [3.05, 3.63) is 64.2 Å². The number of carbonyl (C=O) groups excluding carboxylic acids is 1. The van der Waals surface area contributed by atoms with Gasteiger partial charge in [-0.1, -0.05) is 18.2 Å². The first-order valence-electron chi connectivity index (χ1n) is 7.83. The number of hydrogen-bond acceptors (Lipinski definition) is 4. The molecule has 0 spiro atoms. The Bertz CT molecular complexity index is 758. The number of hydrogen-bond donors (Lipinski definition) is 0. The third kappa shape index (κ3) is 3.22. The lowest BCUT2D eigenvalue weighted by Gasteiger charge is -2.35. The van der Waals surface area contributed by atoms with Crippen LogP contribution in [0.2, 0.25) is 0 Å². The van der Waals surface area contributed by atoms with E-state index in [9.17, 15) is 14.9 Å². The van der Waals surface area contributed by atoms with Gasteiger partial charge in [0.2, 0.25) is 0 Å². The third-order valence-electron chi connectivity index (χ3n) is 4.20. The molecule has 0 N–H and O–H groups in total. The molecule has 0 saturated heterocycles. The summed E-state index contributed by atoms with van der Waals surface area (Å²) in [5, 5.41) is 10.6. The lowest BCUT2D eigenvalue weighted by atomic mass is 9.96. The average Bonchev–Trinajstić information content (AvgIpc) is 2.60. The number of rotatable bonds is 4. The van der Waals surface area contributed by atoms with Gasteiger partial charge in [0.15, 0.2) is 6.61 Å². The Kier molecular flexibility index (Phi) is 4.46. The average molecular weight is 326 g/mol. The van der Waals surface area contributed by atoms with E-state index in [0.29, 0.717) is 5.75 Å². The zero-order chi connectivity index (χ0) is 17.1. The van der Waals surface area contributed by atoms with E-state index >= 15 is 0 Å². The van der Waals surface area contributed by atoms with E-state index in [4.69, 9.17) is 4.74 Å². The molecule has 1 unspecified atom stereocenters. The molecule has 0 saturated carbocycles. The van der Waals surface area contributed by atoms with Gasteiger partial charge in [0.1, 0.15) is 5.75 Å². The maximum absolute atomic E-state index is 12.6. The molecule has 6 nitrogen and oxygen atoms in total. The molecule has 124 valence electrons. The van der Waals surface area contributed by atoms with E-state index in [2.05, 4.69) is 0 Å².